The maximum Gasteiger partial charge on any atom is 0.195 e. The van der Waals surface area contributed by atoms with Gasteiger partial charge < -0.3 is 0 Å². The number of hydrogen-bond donors (Lipinski definition) is 0. The topological polar surface area (TPSA) is 50.5 Å². The molecule has 1 aliphatic carbocycles. The first-order valence-corrected chi connectivity index (χ1v) is 6.29. The Morgan fingerprint density at radius 3 is 3.12 bits per heavy atom. The smallest absolute Gasteiger partial charge is 0.195 e. The number of fused-ring (bicyclic) bond motifs is 1. The van der Waals surface area contributed by atoms with E-state index in [1.54, 1.807) is 17.7 Å². The predicted octanol–water partition coefficient (Wildman–Crippen LogP) is 3.49. The third-order valence-electron chi connectivity index (χ3n) is 2.71. The van der Waals surface area contributed by atoms with Crippen LogP contribution in [0.2, 0.25) is 0 Å². The van der Waals surface area contributed by atoms with Crippen molar-refractivity contribution in [1.29, 1.82) is 0 Å². The summed E-state index contributed by atoms with van der Waals surface area (Å²) in [4.78, 5) is 8.43. The minimum atomic E-state index is 0.712. The number of thiophene rings is 1. The van der Waals surface area contributed by atoms with Crippen LogP contribution < -0.4 is 0 Å². The molecule has 0 atom stereocenters. The zero-order valence-corrected chi connectivity index (χ0v) is 9.87. The summed E-state index contributed by atoms with van der Waals surface area (Å²) in [5, 5.41) is 10.5. The Morgan fingerprint density at radius 1 is 1.44 bits per heavy atom. The van der Waals surface area contributed by atoms with Gasteiger partial charge in [-0.15, -0.1) is 16.5 Å². The number of nitrogens with zero attached hydrogens (tertiary/aromatic N) is 4. The number of hydrogen-bond acceptors (Lipinski definition) is 5. The molecule has 3 rings (SSSR count). The fraction of sp³-hybridized carbons (Fsp3) is 0.455. The lowest BCUT2D eigenvalue weighted by Crippen LogP contribution is -1.82. The van der Waals surface area contributed by atoms with Crippen LogP contribution in [0.4, 0.5) is 5.82 Å². The van der Waals surface area contributed by atoms with Crippen LogP contribution in [-0.2, 0) is 0 Å². The first-order chi connectivity index (χ1) is 7.84. The van der Waals surface area contributed by atoms with Gasteiger partial charge in [-0.3, -0.25) is 0 Å². The molecule has 2 aromatic rings. The van der Waals surface area contributed by atoms with Gasteiger partial charge in [-0.1, -0.05) is 0 Å². The number of rotatable bonds is 3. The van der Waals surface area contributed by atoms with Crippen molar-refractivity contribution in [2.75, 3.05) is 6.54 Å². The number of aromatic nitrogens is 2. The summed E-state index contributed by atoms with van der Waals surface area (Å²) in [5.41, 5.74) is 2.18. The van der Waals surface area contributed by atoms with Crippen molar-refractivity contribution in [3.63, 3.8) is 0 Å². The Balaban J connectivity index is 1.92. The van der Waals surface area contributed by atoms with Crippen molar-refractivity contribution in [2.24, 2.45) is 16.1 Å². The third kappa shape index (κ3) is 1.82. The highest BCUT2D eigenvalue weighted by atomic mass is 32.1. The summed E-state index contributed by atoms with van der Waals surface area (Å²) in [6.45, 7) is 2.90. The molecule has 16 heavy (non-hydrogen) atoms. The van der Waals surface area contributed by atoms with E-state index in [1.165, 1.54) is 18.4 Å². The lowest BCUT2D eigenvalue weighted by atomic mass is 10.3. The van der Waals surface area contributed by atoms with E-state index in [9.17, 15) is 0 Å². The quantitative estimate of drug-likeness (QED) is 0.760. The van der Waals surface area contributed by atoms with Gasteiger partial charge >= 0.3 is 0 Å². The minimum absolute atomic E-state index is 0.712. The molecule has 82 valence electrons. The molecule has 0 radical (unpaired) electrons. The molecule has 0 bridgehead atoms. The summed E-state index contributed by atoms with van der Waals surface area (Å²) in [7, 11) is 0. The van der Waals surface area contributed by atoms with E-state index < -0.39 is 0 Å². The van der Waals surface area contributed by atoms with E-state index in [0.29, 0.717) is 5.82 Å². The van der Waals surface area contributed by atoms with Crippen molar-refractivity contribution in [2.45, 2.75) is 19.8 Å². The summed E-state index contributed by atoms with van der Waals surface area (Å²) >= 11 is 1.64. The molecular weight excluding hydrogens is 220 g/mol. The highest BCUT2D eigenvalue weighted by molar-refractivity contribution is 7.17. The summed E-state index contributed by atoms with van der Waals surface area (Å²) < 4.78 is 1.04. The van der Waals surface area contributed by atoms with Gasteiger partial charge in [0.25, 0.3) is 0 Å². The van der Waals surface area contributed by atoms with E-state index in [2.05, 4.69) is 32.5 Å². The van der Waals surface area contributed by atoms with Crippen molar-refractivity contribution >= 4 is 27.4 Å². The molecule has 1 saturated carbocycles. The molecule has 0 aromatic carbocycles. The highest BCUT2D eigenvalue weighted by Gasteiger charge is 2.20. The fourth-order valence-corrected chi connectivity index (χ4v) is 2.48. The van der Waals surface area contributed by atoms with E-state index in [-0.39, 0.29) is 0 Å². The second kappa shape index (κ2) is 3.90. The molecule has 2 heterocycles. The van der Waals surface area contributed by atoms with Crippen molar-refractivity contribution < 1.29 is 0 Å². The first kappa shape index (κ1) is 9.84. The molecule has 2 aromatic heterocycles. The molecule has 0 saturated heterocycles. The Kier molecular flexibility index (Phi) is 2.40. The lowest BCUT2D eigenvalue weighted by molar-refractivity contribution is 0.804. The van der Waals surface area contributed by atoms with Crippen molar-refractivity contribution in [1.82, 2.24) is 9.97 Å². The van der Waals surface area contributed by atoms with Crippen LogP contribution in [0.1, 0.15) is 18.4 Å². The molecule has 0 unspecified atom stereocenters. The van der Waals surface area contributed by atoms with Gasteiger partial charge in [0.2, 0.25) is 0 Å². The first-order valence-electron chi connectivity index (χ1n) is 5.41. The van der Waals surface area contributed by atoms with Crippen LogP contribution in [0.3, 0.4) is 0 Å². The normalized spacial score (nSPS) is 16.3. The fourth-order valence-electron chi connectivity index (χ4n) is 1.55. The van der Waals surface area contributed by atoms with E-state index in [0.717, 1.165) is 22.7 Å². The van der Waals surface area contributed by atoms with Gasteiger partial charge in [0.1, 0.15) is 6.33 Å². The van der Waals surface area contributed by atoms with E-state index in [1.807, 2.05) is 0 Å². The molecule has 1 fully saturated rings. The summed E-state index contributed by atoms with van der Waals surface area (Å²) in [6.07, 6.45) is 4.17. The molecule has 0 N–H and O–H groups in total. The molecule has 0 spiro atoms. The zero-order chi connectivity index (χ0) is 11.0. The summed E-state index contributed by atoms with van der Waals surface area (Å²) in [6, 6.07) is 0. The molecule has 0 amide bonds. The van der Waals surface area contributed by atoms with Gasteiger partial charge in [0, 0.05) is 0 Å². The Hall–Kier alpha value is -1.36. The van der Waals surface area contributed by atoms with Crippen LogP contribution in [0.5, 0.6) is 0 Å². The largest absolute Gasteiger partial charge is 0.235 e. The lowest BCUT2D eigenvalue weighted by Gasteiger charge is -1.94. The second-order valence-electron chi connectivity index (χ2n) is 4.16. The second-order valence-corrected chi connectivity index (χ2v) is 5.04. The van der Waals surface area contributed by atoms with Crippen LogP contribution in [0.25, 0.3) is 10.2 Å². The predicted molar refractivity (Wildman–Crippen MR) is 64.3 cm³/mol. The molecule has 4 nitrogen and oxygen atoms in total. The number of azo groups is 1. The standard InChI is InChI=1S/C11H12N4S/c1-7-5-16-10-9(7)12-6-13-11(10)15-14-4-8-2-3-8/h5-6,8H,2-4H2,1H3. The molecule has 0 aliphatic heterocycles. The van der Waals surface area contributed by atoms with Crippen LogP contribution in [-0.4, -0.2) is 16.5 Å². The van der Waals surface area contributed by atoms with E-state index >= 15 is 0 Å². The Morgan fingerprint density at radius 2 is 2.31 bits per heavy atom. The average Bonchev–Trinajstić information content (AvgIpc) is 3.04. The van der Waals surface area contributed by atoms with Gasteiger partial charge in [-0.05, 0) is 36.6 Å². The Labute approximate surface area is 97.5 Å². The van der Waals surface area contributed by atoms with E-state index in [4.69, 9.17) is 0 Å². The molecule has 1 aliphatic rings. The van der Waals surface area contributed by atoms with Gasteiger partial charge in [0.05, 0.1) is 16.8 Å². The van der Waals surface area contributed by atoms with Crippen LogP contribution in [0, 0.1) is 12.8 Å². The molecular formula is C11H12N4S. The number of aryl methyl sites for hydroxylation is 1. The zero-order valence-electron chi connectivity index (χ0n) is 9.05. The minimum Gasteiger partial charge on any atom is -0.235 e. The van der Waals surface area contributed by atoms with Crippen molar-refractivity contribution in [3.05, 3.63) is 17.3 Å². The van der Waals surface area contributed by atoms with Gasteiger partial charge in [-0.2, -0.15) is 5.11 Å². The van der Waals surface area contributed by atoms with Gasteiger partial charge in [0.15, 0.2) is 5.82 Å². The maximum absolute atomic E-state index is 4.25. The van der Waals surface area contributed by atoms with Gasteiger partial charge in [-0.25, -0.2) is 9.97 Å². The maximum atomic E-state index is 4.25. The summed E-state index contributed by atoms with van der Waals surface area (Å²) in [5.74, 6) is 1.48. The van der Waals surface area contributed by atoms with Crippen molar-refractivity contribution in [3.8, 4) is 0 Å². The average molecular weight is 232 g/mol. The Bertz CT molecular complexity index is 542. The third-order valence-corrected chi connectivity index (χ3v) is 3.80. The highest BCUT2D eigenvalue weighted by Crippen LogP contribution is 2.32. The monoisotopic (exact) mass is 232 g/mol. The van der Waals surface area contributed by atoms with Crippen LogP contribution >= 0.6 is 11.3 Å². The van der Waals surface area contributed by atoms with Crippen LogP contribution in [0.15, 0.2) is 21.9 Å². The molecule has 5 heteroatoms. The SMILES string of the molecule is Cc1csc2c(N=NCC3CC3)ncnc12.